The predicted molar refractivity (Wildman–Crippen MR) is 63.2 cm³/mol. The van der Waals surface area contributed by atoms with Crippen molar-refractivity contribution in [2.24, 2.45) is 0 Å². The van der Waals surface area contributed by atoms with Gasteiger partial charge >= 0.3 is 5.97 Å². The summed E-state index contributed by atoms with van der Waals surface area (Å²) in [6.07, 6.45) is 0.0823. The molecule has 0 saturated heterocycles. The van der Waals surface area contributed by atoms with Gasteiger partial charge in [0.25, 0.3) is 0 Å². The van der Waals surface area contributed by atoms with E-state index in [4.69, 9.17) is 4.74 Å². The molecule has 1 aromatic heterocycles. The first kappa shape index (κ1) is 13.6. The molecular formula is C10H14N2O4S. The largest absolute Gasteiger partial charge is 0.464 e. The molecule has 0 aromatic carbocycles. The molecule has 94 valence electrons. The Bertz CT molecular complexity index is 405. The molecule has 0 fully saturated rings. The molecule has 1 heterocycles. The van der Waals surface area contributed by atoms with Crippen molar-refractivity contribution in [3.8, 4) is 0 Å². The van der Waals surface area contributed by atoms with Gasteiger partial charge in [0.2, 0.25) is 5.91 Å². The molecule has 0 radical (unpaired) electrons. The van der Waals surface area contributed by atoms with Gasteiger partial charge in [-0.15, -0.1) is 11.3 Å². The van der Waals surface area contributed by atoms with Gasteiger partial charge in [-0.3, -0.25) is 4.79 Å². The molecule has 1 aromatic rings. The number of rotatable bonds is 5. The van der Waals surface area contributed by atoms with Crippen molar-refractivity contribution in [1.82, 2.24) is 4.98 Å². The number of thiazole rings is 1. The lowest BCUT2D eigenvalue weighted by atomic mass is 10.3. The average molecular weight is 258 g/mol. The standard InChI is InChI=1S/C10H14N2O4S/c1-6(15-2)4-8(13)12-10-11-7(5-17-10)9(14)16-3/h5-6H,4H2,1-3H3,(H,11,12,13). The van der Waals surface area contributed by atoms with Gasteiger partial charge in [-0.25, -0.2) is 9.78 Å². The van der Waals surface area contributed by atoms with Crippen molar-refractivity contribution in [3.05, 3.63) is 11.1 Å². The summed E-state index contributed by atoms with van der Waals surface area (Å²) in [6, 6.07) is 0. The van der Waals surface area contributed by atoms with Crippen LogP contribution in [0.3, 0.4) is 0 Å². The second-order valence-electron chi connectivity index (χ2n) is 3.33. The zero-order valence-electron chi connectivity index (χ0n) is 9.85. The number of ether oxygens (including phenoxy) is 2. The minimum absolute atomic E-state index is 0.157. The molecule has 17 heavy (non-hydrogen) atoms. The Morgan fingerprint density at radius 1 is 1.53 bits per heavy atom. The molecule has 0 bridgehead atoms. The summed E-state index contributed by atoms with van der Waals surface area (Å²) >= 11 is 1.17. The van der Waals surface area contributed by atoms with Gasteiger partial charge in [0.1, 0.15) is 0 Å². The number of nitrogens with zero attached hydrogens (tertiary/aromatic N) is 1. The van der Waals surface area contributed by atoms with Crippen molar-refractivity contribution >= 4 is 28.3 Å². The first-order chi connectivity index (χ1) is 8.06. The molecule has 1 atom stereocenters. The molecular weight excluding hydrogens is 244 g/mol. The van der Waals surface area contributed by atoms with Crippen LogP contribution in [0.4, 0.5) is 5.13 Å². The minimum Gasteiger partial charge on any atom is -0.464 e. The van der Waals surface area contributed by atoms with E-state index < -0.39 is 5.97 Å². The van der Waals surface area contributed by atoms with Crippen LogP contribution in [0.25, 0.3) is 0 Å². The Kier molecular flexibility index (Phi) is 5.05. The fraction of sp³-hybridized carbons (Fsp3) is 0.500. The van der Waals surface area contributed by atoms with E-state index in [1.807, 2.05) is 0 Å². The molecule has 1 amide bonds. The Labute approximate surface area is 103 Å². The minimum atomic E-state index is -0.521. The summed E-state index contributed by atoms with van der Waals surface area (Å²) in [5.41, 5.74) is 0.188. The van der Waals surface area contributed by atoms with E-state index in [1.54, 1.807) is 6.92 Å². The fourth-order valence-electron chi connectivity index (χ4n) is 1.04. The maximum atomic E-state index is 11.5. The summed E-state index contributed by atoms with van der Waals surface area (Å²) in [7, 11) is 2.82. The maximum Gasteiger partial charge on any atom is 0.357 e. The van der Waals surface area contributed by atoms with E-state index in [0.717, 1.165) is 0 Å². The lowest BCUT2D eigenvalue weighted by Crippen LogP contribution is -2.19. The maximum absolute atomic E-state index is 11.5. The lowest BCUT2D eigenvalue weighted by Gasteiger charge is -2.07. The first-order valence-electron chi connectivity index (χ1n) is 4.93. The quantitative estimate of drug-likeness (QED) is 0.805. The van der Waals surface area contributed by atoms with Gasteiger partial charge in [0.15, 0.2) is 10.8 Å². The van der Waals surface area contributed by atoms with Gasteiger partial charge < -0.3 is 14.8 Å². The highest BCUT2D eigenvalue weighted by molar-refractivity contribution is 7.14. The Morgan fingerprint density at radius 2 is 2.24 bits per heavy atom. The summed E-state index contributed by atoms with van der Waals surface area (Å²) in [5, 5.41) is 4.49. The number of carbonyl (C=O) groups excluding carboxylic acids is 2. The van der Waals surface area contributed by atoms with E-state index in [0.29, 0.717) is 5.13 Å². The number of methoxy groups -OCH3 is 2. The number of anilines is 1. The lowest BCUT2D eigenvalue weighted by molar-refractivity contribution is -0.118. The molecule has 0 aliphatic rings. The monoisotopic (exact) mass is 258 g/mol. The van der Waals surface area contributed by atoms with Crippen LogP contribution < -0.4 is 5.32 Å². The van der Waals surface area contributed by atoms with Crippen LogP contribution in [-0.4, -0.2) is 37.2 Å². The highest BCUT2D eigenvalue weighted by Crippen LogP contribution is 2.16. The summed E-state index contributed by atoms with van der Waals surface area (Å²) in [5.74, 6) is -0.725. The molecule has 1 rings (SSSR count). The van der Waals surface area contributed by atoms with Gasteiger partial charge in [0.05, 0.1) is 19.6 Å². The molecule has 7 heteroatoms. The van der Waals surface area contributed by atoms with E-state index >= 15 is 0 Å². The zero-order valence-corrected chi connectivity index (χ0v) is 10.7. The summed E-state index contributed by atoms with van der Waals surface area (Å²) < 4.78 is 9.48. The Balaban J connectivity index is 2.54. The van der Waals surface area contributed by atoms with E-state index in [9.17, 15) is 9.59 Å². The van der Waals surface area contributed by atoms with E-state index in [1.165, 1.54) is 30.9 Å². The number of amides is 1. The van der Waals surface area contributed by atoms with Gasteiger partial charge in [-0.05, 0) is 6.92 Å². The Morgan fingerprint density at radius 3 is 2.82 bits per heavy atom. The fourth-order valence-corrected chi connectivity index (χ4v) is 1.74. The third kappa shape index (κ3) is 4.12. The highest BCUT2D eigenvalue weighted by atomic mass is 32.1. The summed E-state index contributed by atoms with van der Waals surface area (Å²) in [4.78, 5) is 26.5. The average Bonchev–Trinajstić information content (AvgIpc) is 2.76. The number of aromatic nitrogens is 1. The molecule has 1 N–H and O–H groups in total. The zero-order chi connectivity index (χ0) is 12.8. The van der Waals surface area contributed by atoms with Crippen LogP contribution in [0, 0.1) is 0 Å². The predicted octanol–water partition coefficient (Wildman–Crippen LogP) is 1.29. The highest BCUT2D eigenvalue weighted by Gasteiger charge is 2.13. The molecule has 0 aliphatic heterocycles. The smallest absolute Gasteiger partial charge is 0.357 e. The van der Waals surface area contributed by atoms with Crippen molar-refractivity contribution in [1.29, 1.82) is 0 Å². The number of nitrogens with one attached hydrogen (secondary N) is 1. The number of hydrogen-bond donors (Lipinski definition) is 1. The molecule has 1 unspecified atom stereocenters. The number of carbonyl (C=O) groups is 2. The SMILES string of the molecule is COC(=O)c1csc(NC(=O)CC(C)OC)n1. The normalized spacial score (nSPS) is 11.9. The molecule has 0 saturated carbocycles. The van der Waals surface area contributed by atoms with E-state index in [-0.39, 0.29) is 24.1 Å². The Hall–Kier alpha value is -1.47. The van der Waals surface area contributed by atoms with Crippen LogP contribution in [0.2, 0.25) is 0 Å². The van der Waals surface area contributed by atoms with Gasteiger partial charge in [-0.2, -0.15) is 0 Å². The first-order valence-corrected chi connectivity index (χ1v) is 5.81. The van der Waals surface area contributed by atoms with E-state index in [2.05, 4.69) is 15.0 Å². The van der Waals surface area contributed by atoms with Crippen molar-refractivity contribution in [2.45, 2.75) is 19.4 Å². The second kappa shape index (κ2) is 6.31. The second-order valence-corrected chi connectivity index (χ2v) is 4.19. The van der Waals surface area contributed by atoms with Crippen LogP contribution in [0.5, 0.6) is 0 Å². The van der Waals surface area contributed by atoms with Crippen molar-refractivity contribution in [3.63, 3.8) is 0 Å². The molecule has 0 aliphatic carbocycles. The molecule has 0 spiro atoms. The van der Waals surface area contributed by atoms with Gasteiger partial charge in [-0.1, -0.05) is 0 Å². The third-order valence-electron chi connectivity index (χ3n) is 2.02. The number of hydrogen-bond acceptors (Lipinski definition) is 6. The topological polar surface area (TPSA) is 77.5 Å². The molecule has 6 nitrogen and oxygen atoms in total. The van der Waals surface area contributed by atoms with Crippen LogP contribution in [-0.2, 0) is 14.3 Å². The number of esters is 1. The van der Waals surface area contributed by atoms with Crippen molar-refractivity contribution in [2.75, 3.05) is 19.5 Å². The van der Waals surface area contributed by atoms with Crippen LogP contribution >= 0.6 is 11.3 Å². The third-order valence-corrected chi connectivity index (χ3v) is 2.78. The van der Waals surface area contributed by atoms with Crippen LogP contribution in [0.15, 0.2) is 5.38 Å². The van der Waals surface area contributed by atoms with Gasteiger partial charge in [0, 0.05) is 12.5 Å². The van der Waals surface area contributed by atoms with Crippen molar-refractivity contribution < 1.29 is 19.1 Å². The summed E-state index contributed by atoms with van der Waals surface area (Å²) in [6.45, 7) is 1.79. The van der Waals surface area contributed by atoms with Crippen LogP contribution in [0.1, 0.15) is 23.8 Å².